The third-order valence-electron chi connectivity index (χ3n) is 3.26. The van der Waals surface area contributed by atoms with Gasteiger partial charge in [-0.1, -0.05) is 29.8 Å². The van der Waals surface area contributed by atoms with Crippen LogP contribution in [0.3, 0.4) is 0 Å². The number of hydrogen-bond donors (Lipinski definition) is 1. The highest BCUT2D eigenvalue weighted by molar-refractivity contribution is 14.1. The van der Waals surface area contributed by atoms with Crippen molar-refractivity contribution < 1.29 is 0 Å². The minimum atomic E-state index is 0.382. The van der Waals surface area contributed by atoms with Gasteiger partial charge in [-0.05, 0) is 71.5 Å². The van der Waals surface area contributed by atoms with Gasteiger partial charge in [0.25, 0.3) is 0 Å². The fourth-order valence-corrected chi connectivity index (χ4v) is 4.34. The van der Waals surface area contributed by atoms with Crippen molar-refractivity contribution in [3.8, 4) is 0 Å². The minimum absolute atomic E-state index is 0.382. The van der Waals surface area contributed by atoms with E-state index in [1.54, 1.807) is 0 Å². The first-order valence-electron chi connectivity index (χ1n) is 6.90. The molecule has 4 heteroatoms. The Hall–Kier alpha value is 0.0900. The first-order valence-corrected chi connectivity index (χ1v) is 9.58. The zero-order valence-electron chi connectivity index (χ0n) is 11.7. The average molecular weight is 464 g/mol. The molecular formula is C16H19BrINS. The largest absolute Gasteiger partial charge is 0.310 e. The molecule has 1 N–H and O–H groups in total. The number of hydrogen-bond acceptors (Lipinski definition) is 2. The average Bonchev–Trinajstić information content (AvgIpc) is 2.89. The molecule has 0 spiro atoms. The van der Waals surface area contributed by atoms with Gasteiger partial charge in [-0.25, -0.2) is 0 Å². The first kappa shape index (κ1) is 16.5. The second-order valence-corrected chi connectivity index (χ2v) is 8.03. The van der Waals surface area contributed by atoms with Gasteiger partial charge in [0.15, 0.2) is 0 Å². The molecule has 0 aliphatic carbocycles. The van der Waals surface area contributed by atoms with E-state index in [2.05, 4.69) is 88.0 Å². The van der Waals surface area contributed by atoms with Gasteiger partial charge in [0, 0.05) is 30.3 Å². The van der Waals surface area contributed by atoms with Gasteiger partial charge in [0.1, 0.15) is 0 Å². The lowest BCUT2D eigenvalue weighted by Gasteiger charge is -2.19. The predicted octanol–water partition coefficient (Wildman–Crippen LogP) is 5.57. The van der Waals surface area contributed by atoms with Crippen molar-refractivity contribution in [1.82, 2.24) is 5.32 Å². The Morgan fingerprint density at radius 3 is 2.60 bits per heavy atom. The molecule has 0 bridgehead atoms. The number of likely N-dealkylation sites (N-methyl/N-ethyl adjacent to an activating group) is 1. The predicted molar refractivity (Wildman–Crippen MR) is 101 cm³/mol. The molecule has 0 saturated heterocycles. The molecule has 1 heterocycles. The van der Waals surface area contributed by atoms with Crippen LogP contribution in [0.5, 0.6) is 0 Å². The van der Waals surface area contributed by atoms with Crippen LogP contribution in [0.25, 0.3) is 0 Å². The van der Waals surface area contributed by atoms with Crippen LogP contribution in [0.1, 0.15) is 35.2 Å². The van der Waals surface area contributed by atoms with Crippen LogP contribution < -0.4 is 5.32 Å². The monoisotopic (exact) mass is 463 g/mol. The fraction of sp³-hybridized carbons (Fsp3) is 0.375. The van der Waals surface area contributed by atoms with Gasteiger partial charge in [0.2, 0.25) is 0 Å². The Kier molecular flexibility index (Phi) is 6.52. The molecule has 0 aliphatic rings. The van der Waals surface area contributed by atoms with E-state index in [9.17, 15) is 0 Å². The molecule has 1 aromatic carbocycles. The summed E-state index contributed by atoms with van der Waals surface area (Å²) in [6, 6.07) is 11.4. The lowest BCUT2D eigenvalue weighted by Crippen LogP contribution is -2.23. The van der Waals surface area contributed by atoms with Crippen molar-refractivity contribution in [1.29, 1.82) is 0 Å². The van der Waals surface area contributed by atoms with Crippen LogP contribution in [0.4, 0.5) is 0 Å². The second-order valence-electron chi connectivity index (χ2n) is 4.70. The van der Waals surface area contributed by atoms with Crippen LogP contribution in [0.15, 0.2) is 34.8 Å². The van der Waals surface area contributed by atoms with Gasteiger partial charge in [-0.15, -0.1) is 11.3 Å². The molecule has 0 radical (unpaired) electrons. The maximum absolute atomic E-state index is 3.62. The molecule has 2 aromatic rings. The highest BCUT2D eigenvalue weighted by atomic mass is 127. The normalized spacial score (nSPS) is 12.6. The van der Waals surface area contributed by atoms with E-state index in [1.165, 1.54) is 18.9 Å². The quantitative estimate of drug-likeness (QED) is 0.552. The molecular weight excluding hydrogens is 445 g/mol. The summed E-state index contributed by atoms with van der Waals surface area (Å²) in [6.07, 6.45) is 2.19. The molecule has 1 atom stereocenters. The van der Waals surface area contributed by atoms with Gasteiger partial charge in [0.05, 0.1) is 0 Å². The molecule has 0 amide bonds. The van der Waals surface area contributed by atoms with Gasteiger partial charge in [-0.2, -0.15) is 0 Å². The molecule has 108 valence electrons. The van der Waals surface area contributed by atoms with Crippen LogP contribution in [0, 0.1) is 3.57 Å². The minimum Gasteiger partial charge on any atom is -0.310 e. The van der Waals surface area contributed by atoms with Crippen LogP contribution in [-0.2, 0) is 12.8 Å². The van der Waals surface area contributed by atoms with Crippen molar-refractivity contribution in [2.75, 3.05) is 6.54 Å². The number of thiophene rings is 1. The van der Waals surface area contributed by atoms with Gasteiger partial charge < -0.3 is 5.32 Å². The molecule has 1 nitrogen and oxygen atoms in total. The zero-order valence-corrected chi connectivity index (χ0v) is 16.3. The molecule has 2 rings (SSSR count). The Bertz CT molecular complexity index is 567. The van der Waals surface area contributed by atoms with Crippen molar-refractivity contribution in [2.24, 2.45) is 0 Å². The summed E-state index contributed by atoms with van der Waals surface area (Å²) < 4.78 is 2.47. The molecule has 0 fully saturated rings. The summed E-state index contributed by atoms with van der Waals surface area (Å²) in [7, 11) is 0. The van der Waals surface area contributed by atoms with Crippen molar-refractivity contribution in [3.63, 3.8) is 0 Å². The van der Waals surface area contributed by atoms with E-state index in [4.69, 9.17) is 0 Å². The Morgan fingerprint density at radius 1 is 1.20 bits per heavy atom. The molecule has 0 saturated carbocycles. The Labute approximate surface area is 147 Å². The smallest absolute Gasteiger partial charge is 0.0379 e. The Balaban J connectivity index is 2.23. The number of benzene rings is 1. The third-order valence-corrected chi connectivity index (χ3v) is 5.98. The topological polar surface area (TPSA) is 12.0 Å². The summed E-state index contributed by atoms with van der Waals surface area (Å²) >= 11 is 7.96. The number of nitrogens with one attached hydrogen (secondary N) is 1. The zero-order chi connectivity index (χ0) is 14.5. The first-order chi connectivity index (χ1) is 9.63. The molecule has 1 aromatic heterocycles. The van der Waals surface area contributed by atoms with Gasteiger partial charge in [-0.3, -0.25) is 0 Å². The van der Waals surface area contributed by atoms with E-state index in [-0.39, 0.29) is 0 Å². The summed E-state index contributed by atoms with van der Waals surface area (Å²) in [6.45, 7) is 5.37. The fourth-order valence-electron chi connectivity index (χ4n) is 2.24. The molecule has 20 heavy (non-hydrogen) atoms. The summed E-state index contributed by atoms with van der Waals surface area (Å²) in [5.41, 5.74) is 1.38. The maximum atomic E-state index is 3.62. The number of aryl methyl sites for hydroxylation is 1. The van der Waals surface area contributed by atoms with E-state index in [0.717, 1.165) is 23.9 Å². The van der Waals surface area contributed by atoms with Gasteiger partial charge >= 0.3 is 0 Å². The van der Waals surface area contributed by atoms with Crippen LogP contribution in [-0.4, -0.2) is 6.54 Å². The highest BCUT2D eigenvalue weighted by Gasteiger charge is 2.15. The lowest BCUT2D eigenvalue weighted by atomic mass is 10.0. The maximum Gasteiger partial charge on any atom is 0.0379 e. The van der Waals surface area contributed by atoms with Crippen molar-refractivity contribution in [2.45, 2.75) is 32.7 Å². The molecule has 1 unspecified atom stereocenters. The summed E-state index contributed by atoms with van der Waals surface area (Å²) in [4.78, 5) is 2.93. The SMILES string of the molecule is CCNC(Cc1ccc(CC)s1)c1cc(Br)ccc1I. The standard InChI is InChI=1S/C16H19BrINS/c1-3-12-6-7-13(20-12)10-16(19-4-2)14-9-11(17)5-8-15(14)18/h5-9,16,19H,3-4,10H2,1-2H3. The molecule has 0 aliphatic heterocycles. The van der Waals surface area contributed by atoms with Crippen LogP contribution in [0.2, 0.25) is 0 Å². The van der Waals surface area contributed by atoms with E-state index >= 15 is 0 Å². The number of rotatable bonds is 6. The Morgan fingerprint density at radius 2 is 1.95 bits per heavy atom. The van der Waals surface area contributed by atoms with Crippen LogP contribution >= 0.6 is 49.9 Å². The van der Waals surface area contributed by atoms with Crippen molar-refractivity contribution in [3.05, 3.63) is 53.7 Å². The third kappa shape index (κ3) is 4.29. The summed E-state index contributed by atoms with van der Waals surface area (Å²) in [5.74, 6) is 0. The lowest BCUT2D eigenvalue weighted by molar-refractivity contribution is 0.551. The van der Waals surface area contributed by atoms with E-state index in [1.807, 2.05) is 11.3 Å². The van der Waals surface area contributed by atoms with E-state index < -0.39 is 0 Å². The second kappa shape index (κ2) is 7.92. The van der Waals surface area contributed by atoms with E-state index in [0.29, 0.717) is 6.04 Å². The summed E-state index contributed by atoms with van der Waals surface area (Å²) in [5, 5.41) is 3.62. The highest BCUT2D eigenvalue weighted by Crippen LogP contribution is 2.29. The van der Waals surface area contributed by atoms with Crippen molar-refractivity contribution >= 4 is 49.9 Å². The number of halogens is 2.